The van der Waals surface area contributed by atoms with Gasteiger partial charge in [-0.3, -0.25) is 14.5 Å². The summed E-state index contributed by atoms with van der Waals surface area (Å²) in [4.78, 5) is 53.7. The van der Waals surface area contributed by atoms with Gasteiger partial charge in [0.25, 0.3) is 11.8 Å². The van der Waals surface area contributed by atoms with E-state index in [-0.39, 0.29) is 29.7 Å². The summed E-state index contributed by atoms with van der Waals surface area (Å²) in [6.07, 6.45) is 5.57. The number of hydrogen-bond donors (Lipinski definition) is 2. The van der Waals surface area contributed by atoms with Crippen molar-refractivity contribution in [1.29, 1.82) is 0 Å². The van der Waals surface area contributed by atoms with Gasteiger partial charge in [0.2, 0.25) is 5.76 Å². The number of amides is 4. The third kappa shape index (κ3) is 5.35. The molecule has 11 heteroatoms. The number of carbonyl (C=O) groups is 4. The van der Waals surface area contributed by atoms with Gasteiger partial charge in [-0.2, -0.15) is 0 Å². The number of fused-ring (bicyclic) bond motifs is 1. The molecule has 0 spiro atoms. The molecule has 0 unspecified atom stereocenters. The lowest BCUT2D eigenvalue weighted by Gasteiger charge is -2.14. The fraction of sp³-hybridized carbons (Fsp3) is 0.273. The second kappa shape index (κ2) is 11.6. The van der Waals surface area contributed by atoms with Gasteiger partial charge in [-0.1, -0.05) is 17.7 Å². The van der Waals surface area contributed by atoms with E-state index in [1.165, 1.54) is 24.1 Å². The molecule has 1 fully saturated rings. The van der Waals surface area contributed by atoms with E-state index in [1.54, 1.807) is 17.4 Å². The van der Waals surface area contributed by atoms with Crippen LogP contribution in [0.25, 0.3) is 11.1 Å². The molecule has 226 valence electrons. The lowest BCUT2D eigenvalue weighted by atomic mass is 9.95. The van der Waals surface area contributed by atoms with Crippen molar-refractivity contribution in [1.82, 2.24) is 14.8 Å². The minimum absolute atomic E-state index is 0.0140. The highest BCUT2D eigenvalue weighted by atomic mass is 32.1. The number of urea groups is 1. The molecular weight excluding hydrogens is 580 g/mol. The molecule has 44 heavy (non-hydrogen) atoms. The zero-order chi connectivity index (χ0) is 31.1. The van der Waals surface area contributed by atoms with Crippen LogP contribution in [0.1, 0.15) is 72.5 Å². The van der Waals surface area contributed by atoms with E-state index in [4.69, 9.17) is 4.42 Å². The first-order chi connectivity index (χ1) is 21.1. The van der Waals surface area contributed by atoms with Crippen LogP contribution < -0.4 is 10.6 Å². The van der Waals surface area contributed by atoms with Crippen LogP contribution in [0.15, 0.2) is 52.6 Å². The number of thiophene rings is 1. The molecule has 4 heterocycles. The van der Waals surface area contributed by atoms with E-state index < -0.39 is 17.9 Å². The number of ether oxygens (including phenoxy) is 1. The maximum Gasteiger partial charge on any atom is 0.373 e. The lowest BCUT2D eigenvalue weighted by molar-refractivity contribution is -0.123. The van der Waals surface area contributed by atoms with Crippen LogP contribution in [0, 0.1) is 20.8 Å². The van der Waals surface area contributed by atoms with Gasteiger partial charge in [-0.15, -0.1) is 11.3 Å². The Hall–Kier alpha value is -4.90. The number of anilines is 1. The zero-order valence-electron chi connectivity index (χ0n) is 24.9. The van der Waals surface area contributed by atoms with Gasteiger partial charge in [0.15, 0.2) is 0 Å². The number of imide groups is 1. The molecule has 4 aromatic rings. The molecule has 10 nitrogen and oxygen atoms in total. The van der Waals surface area contributed by atoms with E-state index in [0.717, 1.165) is 69.3 Å². The Labute approximate surface area is 258 Å². The number of methoxy groups -OCH3 is 1. The van der Waals surface area contributed by atoms with Crippen LogP contribution in [-0.4, -0.2) is 40.4 Å². The van der Waals surface area contributed by atoms with Gasteiger partial charge in [-0.05, 0) is 94.0 Å². The predicted molar refractivity (Wildman–Crippen MR) is 166 cm³/mol. The van der Waals surface area contributed by atoms with Gasteiger partial charge < -0.3 is 24.4 Å². The Kier molecular flexibility index (Phi) is 7.73. The third-order valence-electron chi connectivity index (χ3n) is 7.99. The summed E-state index contributed by atoms with van der Waals surface area (Å²) < 4.78 is 12.2. The van der Waals surface area contributed by atoms with Crippen LogP contribution in [0.2, 0.25) is 0 Å². The van der Waals surface area contributed by atoms with Crippen molar-refractivity contribution in [3.05, 3.63) is 98.2 Å². The van der Waals surface area contributed by atoms with Crippen molar-refractivity contribution in [2.75, 3.05) is 12.4 Å². The molecule has 0 atom stereocenters. The minimum atomic E-state index is -0.647. The molecule has 1 aliphatic carbocycles. The van der Waals surface area contributed by atoms with Gasteiger partial charge in [0.1, 0.15) is 16.5 Å². The van der Waals surface area contributed by atoms with Gasteiger partial charge in [0.05, 0.1) is 19.2 Å². The van der Waals surface area contributed by atoms with Crippen LogP contribution >= 0.6 is 11.3 Å². The second-order valence-corrected chi connectivity index (χ2v) is 12.1. The Bertz CT molecular complexity index is 1840. The number of aryl methyl sites for hydroxylation is 3. The fourth-order valence-electron chi connectivity index (χ4n) is 5.72. The number of furan rings is 1. The minimum Gasteiger partial charge on any atom is -0.463 e. The summed E-state index contributed by atoms with van der Waals surface area (Å²) in [5.41, 5.74) is 6.26. The first kappa shape index (κ1) is 29.2. The molecule has 2 aliphatic rings. The molecule has 4 amide bonds. The monoisotopic (exact) mass is 612 g/mol. The average Bonchev–Trinajstić information content (AvgIpc) is 3.75. The molecular formula is C33H32N4O6S. The smallest absolute Gasteiger partial charge is 0.373 e. The first-order valence-electron chi connectivity index (χ1n) is 14.4. The third-order valence-corrected chi connectivity index (χ3v) is 9.26. The summed E-state index contributed by atoms with van der Waals surface area (Å²) >= 11 is 1.64. The largest absolute Gasteiger partial charge is 0.463 e. The maximum atomic E-state index is 13.8. The maximum absolute atomic E-state index is 13.8. The SMILES string of the molecule is COC(=O)c1ccc(CN2C(=O)N/C(=C\c3cc(C)n(-c4sc5c(c4C(=O)Nc4ccc(C)cc4)CCCC5)c3C)C2=O)o1. The molecule has 3 aromatic heterocycles. The van der Waals surface area contributed by atoms with Crippen LogP contribution in [0.4, 0.5) is 10.5 Å². The molecule has 6 rings (SSSR count). The van der Waals surface area contributed by atoms with Crippen molar-refractivity contribution in [3.8, 4) is 5.00 Å². The number of aromatic nitrogens is 1. The summed E-state index contributed by atoms with van der Waals surface area (Å²) in [7, 11) is 1.24. The van der Waals surface area contributed by atoms with Crippen LogP contribution in [0.3, 0.4) is 0 Å². The Morgan fingerprint density at radius 1 is 1.07 bits per heavy atom. The number of rotatable bonds is 7. The van der Waals surface area contributed by atoms with Crippen molar-refractivity contribution >= 4 is 46.9 Å². The molecule has 0 radical (unpaired) electrons. The standard InChI is InChI=1S/C33H32N4O6S/c1-18-9-11-22(12-10-18)34-29(38)28-24-7-5-6-8-27(24)44-31(28)37-19(2)15-21(20(37)3)16-25-30(39)36(33(41)35-25)17-23-13-14-26(43-23)32(40)42-4/h9-16H,5-8,17H2,1-4H3,(H,34,38)(H,35,41)/b25-16-. The number of nitrogens with one attached hydrogen (secondary N) is 2. The van der Waals surface area contributed by atoms with Gasteiger partial charge >= 0.3 is 12.0 Å². The Morgan fingerprint density at radius 3 is 2.57 bits per heavy atom. The van der Waals surface area contributed by atoms with Crippen molar-refractivity contribution in [3.63, 3.8) is 0 Å². The summed E-state index contributed by atoms with van der Waals surface area (Å²) in [6.45, 7) is 5.77. The van der Waals surface area contributed by atoms with Crippen molar-refractivity contribution < 1.29 is 28.3 Å². The quantitative estimate of drug-likeness (QED) is 0.148. The predicted octanol–water partition coefficient (Wildman–Crippen LogP) is 6.07. The highest BCUT2D eigenvalue weighted by molar-refractivity contribution is 7.15. The van der Waals surface area contributed by atoms with Crippen LogP contribution in [0.5, 0.6) is 0 Å². The summed E-state index contributed by atoms with van der Waals surface area (Å²) in [5.74, 6) is -1.04. The zero-order valence-corrected chi connectivity index (χ0v) is 25.7. The Morgan fingerprint density at radius 2 is 1.82 bits per heavy atom. The molecule has 0 bridgehead atoms. The Balaban J connectivity index is 1.31. The van der Waals surface area contributed by atoms with E-state index in [0.29, 0.717) is 5.56 Å². The number of benzene rings is 1. The molecule has 1 saturated heterocycles. The van der Waals surface area contributed by atoms with Gasteiger partial charge in [0, 0.05) is 22.0 Å². The summed E-state index contributed by atoms with van der Waals surface area (Å²) in [5, 5.41) is 6.60. The lowest BCUT2D eigenvalue weighted by Crippen LogP contribution is -2.30. The fourth-order valence-corrected chi connectivity index (χ4v) is 7.22. The van der Waals surface area contributed by atoms with E-state index >= 15 is 0 Å². The molecule has 2 N–H and O–H groups in total. The number of carbonyl (C=O) groups excluding carboxylic acids is 4. The normalized spacial score (nSPS) is 15.5. The highest BCUT2D eigenvalue weighted by Crippen LogP contribution is 2.39. The second-order valence-electron chi connectivity index (χ2n) is 11.0. The molecule has 0 saturated carbocycles. The van der Waals surface area contributed by atoms with Crippen LogP contribution in [-0.2, 0) is 28.9 Å². The average molecular weight is 613 g/mol. The first-order valence-corrected chi connectivity index (χ1v) is 15.2. The topological polar surface area (TPSA) is 123 Å². The van der Waals surface area contributed by atoms with E-state index in [1.807, 2.05) is 51.1 Å². The van der Waals surface area contributed by atoms with E-state index in [2.05, 4.69) is 19.9 Å². The summed E-state index contributed by atoms with van der Waals surface area (Å²) in [6, 6.07) is 12.1. The number of nitrogens with zero attached hydrogens (tertiary/aromatic N) is 2. The van der Waals surface area contributed by atoms with Gasteiger partial charge in [-0.25, -0.2) is 9.59 Å². The molecule has 1 aromatic carbocycles. The van der Waals surface area contributed by atoms with E-state index in [9.17, 15) is 19.2 Å². The highest BCUT2D eigenvalue weighted by Gasteiger charge is 2.35. The number of esters is 1. The number of hydrogen-bond acceptors (Lipinski definition) is 7. The molecule has 1 aliphatic heterocycles. The van der Waals surface area contributed by atoms with Crippen molar-refractivity contribution in [2.45, 2.75) is 53.0 Å². The van der Waals surface area contributed by atoms with Crippen molar-refractivity contribution in [2.24, 2.45) is 0 Å².